The Bertz CT molecular complexity index is 265. The van der Waals surface area contributed by atoms with Crippen LogP contribution in [0, 0.1) is 11.8 Å². The molecule has 3 atom stereocenters. The van der Waals surface area contributed by atoms with Gasteiger partial charge in [0.05, 0.1) is 13.2 Å². The van der Waals surface area contributed by atoms with Gasteiger partial charge in [0.25, 0.3) is 0 Å². The first-order chi connectivity index (χ1) is 8.69. The number of ether oxygens (including phenoxy) is 1. The van der Waals surface area contributed by atoms with Crippen LogP contribution in [0.25, 0.3) is 0 Å². The number of hydrogen-bond acceptors (Lipinski definition) is 4. The lowest BCUT2D eigenvalue weighted by Crippen LogP contribution is -2.19. The second-order valence-corrected chi connectivity index (χ2v) is 5.14. The molecule has 0 radical (unpaired) electrons. The first-order valence-electron chi connectivity index (χ1n) is 6.89. The van der Waals surface area contributed by atoms with Gasteiger partial charge >= 0.3 is 5.97 Å². The summed E-state index contributed by atoms with van der Waals surface area (Å²) in [5.41, 5.74) is 0. The van der Waals surface area contributed by atoms with Crippen molar-refractivity contribution in [2.75, 3.05) is 7.11 Å². The number of hydrogen-bond donors (Lipinski definition) is 1. The van der Waals surface area contributed by atoms with Gasteiger partial charge in [-0.25, -0.2) is 0 Å². The van der Waals surface area contributed by atoms with Gasteiger partial charge in [0.2, 0.25) is 0 Å². The van der Waals surface area contributed by atoms with Gasteiger partial charge in [-0.05, 0) is 31.6 Å². The van der Waals surface area contributed by atoms with Crippen LogP contribution in [0.3, 0.4) is 0 Å². The number of methoxy groups -OCH3 is 1. The van der Waals surface area contributed by atoms with Crippen LogP contribution >= 0.6 is 0 Å². The zero-order valence-corrected chi connectivity index (χ0v) is 11.1. The zero-order chi connectivity index (χ0) is 13.4. The molecule has 1 aliphatic rings. The second kappa shape index (κ2) is 8.25. The first-order valence-corrected chi connectivity index (χ1v) is 6.89. The maximum absolute atomic E-state index is 10.9. The molecule has 0 heterocycles. The van der Waals surface area contributed by atoms with E-state index in [4.69, 9.17) is 0 Å². The third-order valence-electron chi connectivity index (χ3n) is 3.91. The fraction of sp³-hybridized carbons (Fsp3) is 0.857. The third-order valence-corrected chi connectivity index (χ3v) is 3.91. The van der Waals surface area contributed by atoms with Gasteiger partial charge in [0.15, 0.2) is 0 Å². The van der Waals surface area contributed by atoms with Crippen molar-refractivity contribution in [3.8, 4) is 0 Å². The van der Waals surface area contributed by atoms with Crippen molar-refractivity contribution in [1.29, 1.82) is 0 Å². The van der Waals surface area contributed by atoms with Gasteiger partial charge in [-0.3, -0.25) is 4.79 Å². The predicted octanol–water partition coefficient (Wildman–Crippen LogP) is 2.09. The Morgan fingerprint density at radius 3 is 2.67 bits per heavy atom. The van der Waals surface area contributed by atoms with E-state index in [1.807, 2.05) is 0 Å². The first kappa shape index (κ1) is 15.2. The van der Waals surface area contributed by atoms with Crippen molar-refractivity contribution < 1.29 is 19.4 Å². The number of unbranched alkanes of at least 4 members (excludes halogenated alkanes) is 3. The van der Waals surface area contributed by atoms with E-state index in [9.17, 15) is 14.7 Å². The van der Waals surface area contributed by atoms with Crippen molar-refractivity contribution >= 4 is 12.3 Å². The Balaban J connectivity index is 2.06. The number of carbonyl (C=O) groups excluding carboxylic acids is 2. The molecule has 104 valence electrons. The van der Waals surface area contributed by atoms with Gasteiger partial charge in [0.1, 0.15) is 6.29 Å². The summed E-state index contributed by atoms with van der Waals surface area (Å²) in [5.74, 6) is 0.0559. The van der Waals surface area contributed by atoms with Crippen LogP contribution in [-0.2, 0) is 14.3 Å². The van der Waals surface area contributed by atoms with E-state index in [0.717, 1.165) is 51.2 Å². The molecule has 4 nitrogen and oxygen atoms in total. The summed E-state index contributed by atoms with van der Waals surface area (Å²) in [6.45, 7) is 0. The molecule has 0 aromatic rings. The molecule has 0 aromatic heterocycles. The quantitative estimate of drug-likeness (QED) is 0.410. The standard InChI is InChI=1S/C14H24O4/c1-18-14(17)7-5-3-2-4-6-12-11(10-15)8-9-13(12)16/h10-13,16H,2-9H2,1H3. The Hall–Kier alpha value is -0.900. The van der Waals surface area contributed by atoms with Crippen molar-refractivity contribution in [1.82, 2.24) is 0 Å². The minimum atomic E-state index is -0.296. The van der Waals surface area contributed by atoms with Gasteiger partial charge in [-0.15, -0.1) is 0 Å². The van der Waals surface area contributed by atoms with Gasteiger partial charge < -0.3 is 14.6 Å². The summed E-state index contributed by atoms with van der Waals surface area (Å²) in [6, 6.07) is 0. The highest BCUT2D eigenvalue weighted by Gasteiger charge is 2.33. The summed E-state index contributed by atoms with van der Waals surface area (Å²) < 4.78 is 4.57. The molecule has 1 aliphatic carbocycles. The Morgan fingerprint density at radius 2 is 2.00 bits per heavy atom. The molecule has 0 amide bonds. The minimum Gasteiger partial charge on any atom is -0.469 e. The molecule has 0 aliphatic heterocycles. The predicted molar refractivity (Wildman–Crippen MR) is 68.0 cm³/mol. The highest BCUT2D eigenvalue weighted by atomic mass is 16.5. The van der Waals surface area contributed by atoms with Crippen LogP contribution in [0.5, 0.6) is 0 Å². The topological polar surface area (TPSA) is 63.6 Å². The molecule has 0 bridgehead atoms. The molecule has 1 rings (SSSR count). The highest BCUT2D eigenvalue weighted by molar-refractivity contribution is 5.68. The normalized spacial score (nSPS) is 27.1. The van der Waals surface area contributed by atoms with Gasteiger partial charge in [0, 0.05) is 12.3 Å². The average molecular weight is 256 g/mol. The van der Waals surface area contributed by atoms with Crippen molar-refractivity contribution in [3.63, 3.8) is 0 Å². The third kappa shape index (κ3) is 4.77. The highest BCUT2D eigenvalue weighted by Crippen LogP contribution is 2.34. The lowest BCUT2D eigenvalue weighted by molar-refractivity contribution is -0.140. The molecule has 0 aromatic carbocycles. The summed E-state index contributed by atoms with van der Waals surface area (Å²) in [7, 11) is 1.41. The van der Waals surface area contributed by atoms with Crippen LogP contribution < -0.4 is 0 Å². The molecule has 3 unspecified atom stereocenters. The SMILES string of the molecule is COC(=O)CCCCCCC1C(O)CCC1C=O. The molecule has 1 N–H and O–H groups in total. The van der Waals surface area contributed by atoms with E-state index in [2.05, 4.69) is 4.74 Å². The second-order valence-electron chi connectivity index (χ2n) is 5.14. The van der Waals surface area contributed by atoms with Crippen LogP contribution in [0.4, 0.5) is 0 Å². The fourth-order valence-corrected chi connectivity index (χ4v) is 2.76. The largest absolute Gasteiger partial charge is 0.469 e. The molecule has 0 saturated heterocycles. The van der Waals surface area contributed by atoms with Crippen LogP contribution in [0.2, 0.25) is 0 Å². The summed E-state index contributed by atoms with van der Waals surface area (Å²) in [6.07, 6.45) is 7.63. The number of esters is 1. The van der Waals surface area contributed by atoms with E-state index in [1.54, 1.807) is 0 Å². The van der Waals surface area contributed by atoms with E-state index in [1.165, 1.54) is 7.11 Å². The van der Waals surface area contributed by atoms with Crippen molar-refractivity contribution in [3.05, 3.63) is 0 Å². The Kier molecular flexibility index (Phi) is 6.94. The average Bonchev–Trinajstić information content (AvgIpc) is 2.74. The monoisotopic (exact) mass is 256 g/mol. The smallest absolute Gasteiger partial charge is 0.305 e. The van der Waals surface area contributed by atoms with Gasteiger partial charge in [-0.2, -0.15) is 0 Å². The van der Waals surface area contributed by atoms with Crippen LogP contribution in [-0.4, -0.2) is 30.6 Å². The van der Waals surface area contributed by atoms with E-state index in [-0.39, 0.29) is 23.9 Å². The van der Waals surface area contributed by atoms with Crippen molar-refractivity contribution in [2.45, 2.75) is 57.5 Å². The van der Waals surface area contributed by atoms with E-state index >= 15 is 0 Å². The number of aliphatic hydroxyl groups is 1. The lowest BCUT2D eigenvalue weighted by atomic mass is 9.90. The molecular weight excluding hydrogens is 232 g/mol. The molecule has 1 saturated carbocycles. The molecule has 18 heavy (non-hydrogen) atoms. The van der Waals surface area contributed by atoms with Gasteiger partial charge in [-0.1, -0.05) is 19.3 Å². The summed E-state index contributed by atoms with van der Waals surface area (Å²) >= 11 is 0. The number of aliphatic hydroxyl groups excluding tert-OH is 1. The summed E-state index contributed by atoms with van der Waals surface area (Å²) in [4.78, 5) is 21.7. The van der Waals surface area contributed by atoms with Crippen LogP contribution in [0.1, 0.15) is 51.4 Å². The maximum atomic E-state index is 10.9. The van der Waals surface area contributed by atoms with Crippen molar-refractivity contribution in [2.24, 2.45) is 11.8 Å². The molecule has 1 fully saturated rings. The Morgan fingerprint density at radius 1 is 1.28 bits per heavy atom. The number of carbonyl (C=O) groups is 2. The lowest BCUT2D eigenvalue weighted by Gasteiger charge is -2.17. The number of rotatable bonds is 8. The molecule has 0 spiro atoms. The van der Waals surface area contributed by atoms with Crippen LogP contribution in [0.15, 0.2) is 0 Å². The number of aldehydes is 1. The maximum Gasteiger partial charge on any atom is 0.305 e. The molecular formula is C14H24O4. The molecule has 4 heteroatoms. The fourth-order valence-electron chi connectivity index (χ4n) is 2.76. The van der Waals surface area contributed by atoms with E-state index in [0.29, 0.717) is 6.42 Å². The van der Waals surface area contributed by atoms with E-state index < -0.39 is 0 Å². The summed E-state index contributed by atoms with van der Waals surface area (Å²) in [5, 5.41) is 9.78. The Labute approximate surface area is 109 Å². The zero-order valence-electron chi connectivity index (χ0n) is 11.1. The minimum absolute atomic E-state index is 0.0510.